The van der Waals surface area contributed by atoms with Crippen LogP contribution in [0.5, 0.6) is 0 Å². The molecular weight excluding hydrogens is 408 g/mol. The molecule has 27 heavy (non-hydrogen) atoms. The Morgan fingerprint density at radius 1 is 1.04 bits per heavy atom. The Bertz CT molecular complexity index is 875. The van der Waals surface area contributed by atoms with Gasteiger partial charge in [0.05, 0.1) is 17.7 Å². The number of amides is 1. The lowest BCUT2D eigenvalue weighted by atomic mass is 9.80. The Labute approximate surface area is 173 Å². The minimum absolute atomic E-state index is 0.0608. The number of carbonyl (C=O) groups excluding carboxylic acids is 1. The van der Waals surface area contributed by atoms with E-state index in [0.29, 0.717) is 6.54 Å². The maximum Gasteiger partial charge on any atom is 0.237 e. The van der Waals surface area contributed by atoms with Gasteiger partial charge >= 0.3 is 0 Å². The summed E-state index contributed by atoms with van der Waals surface area (Å²) >= 11 is 18.1. The van der Waals surface area contributed by atoms with E-state index in [1.165, 1.54) is 12.1 Å². The third-order valence-corrected chi connectivity index (χ3v) is 5.43. The first-order valence-electron chi connectivity index (χ1n) is 8.52. The molecule has 1 heterocycles. The Morgan fingerprint density at radius 3 is 2.19 bits per heavy atom. The number of alkyl halides is 3. The van der Waals surface area contributed by atoms with Crippen molar-refractivity contribution < 1.29 is 9.18 Å². The van der Waals surface area contributed by atoms with Crippen LogP contribution in [0.4, 0.5) is 4.39 Å². The lowest BCUT2D eigenvalue weighted by Crippen LogP contribution is -2.37. The second-order valence-corrected chi connectivity index (χ2v) is 9.50. The summed E-state index contributed by atoms with van der Waals surface area (Å²) in [6, 6.07) is 15.8. The van der Waals surface area contributed by atoms with Crippen LogP contribution in [0.25, 0.3) is 5.70 Å². The van der Waals surface area contributed by atoms with Gasteiger partial charge in [-0.2, -0.15) is 0 Å². The van der Waals surface area contributed by atoms with E-state index in [4.69, 9.17) is 34.8 Å². The van der Waals surface area contributed by atoms with Gasteiger partial charge in [0.25, 0.3) is 0 Å². The third-order valence-electron chi connectivity index (χ3n) is 5.03. The molecule has 0 aliphatic carbocycles. The minimum atomic E-state index is -1.57. The molecule has 2 nitrogen and oxygen atoms in total. The van der Waals surface area contributed by atoms with Crippen LogP contribution in [0.3, 0.4) is 0 Å². The predicted octanol–water partition coefficient (Wildman–Crippen LogP) is 6.37. The van der Waals surface area contributed by atoms with E-state index in [9.17, 15) is 9.18 Å². The summed E-state index contributed by atoms with van der Waals surface area (Å²) in [4.78, 5) is 15.1. The molecule has 0 saturated carbocycles. The largest absolute Gasteiger partial charge is 0.307 e. The van der Waals surface area contributed by atoms with Gasteiger partial charge in [-0.15, -0.1) is 0 Å². The average molecular weight is 427 g/mol. The molecule has 2 aromatic rings. The molecule has 0 aromatic heterocycles. The second-order valence-electron chi connectivity index (χ2n) is 6.98. The molecule has 6 heteroatoms. The van der Waals surface area contributed by atoms with Crippen LogP contribution < -0.4 is 0 Å². The number of hydrogen-bond donors (Lipinski definition) is 0. The van der Waals surface area contributed by atoms with Crippen LogP contribution in [0.15, 0.2) is 60.2 Å². The van der Waals surface area contributed by atoms with Crippen molar-refractivity contribution in [2.75, 3.05) is 0 Å². The summed E-state index contributed by atoms with van der Waals surface area (Å²) in [6.07, 6.45) is 0.0608. The molecule has 142 valence electrons. The highest BCUT2D eigenvalue weighted by atomic mass is 35.6. The highest BCUT2D eigenvalue weighted by Gasteiger charge is 2.50. The lowest BCUT2D eigenvalue weighted by molar-refractivity contribution is -0.134. The fraction of sp³-hybridized carbons (Fsp3) is 0.286. The van der Waals surface area contributed by atoms with E-state index in [-0.39, 0.29) is 18.1 Å². The summed E-state index contributed by atoms with van der Waals surface area (Å²) in [5.74, 6) is -0.463. The quantitative estimate of drug-likeness (QED) is 0.520. The normalized spacial score (nSPS) is 20.5. The maximum atomic E-state index is 13.4. The molecule has 2 aromatic carbocycles. The van der Waals surface area contributed by atoms with Crippen molar-refractivity contribution in [1.29, 1.82) is 0 Å². The van der Waals surface area contributed by atoms with Gasteiger partial charge in [-0.1, -0.05) is 65.1 Å². The Hall–Kier alpha value is -1.55. The summed E-state index contributed by atoms with van der Waals surface area (Å²) in [7, 11) is 0. The van der Waals surface area contributed by atoms with Gasteiger partial charge in [-0.05, 0) is 54.8 Å². The van der Waals surface area contributed by atoms with Crippen molar-refractivity contribution in [3.8, 4) is 0 Å². The van der Waals surface area contributed by atoms with Crippen LogP contribution in [0, 0.1) is 11.2 Å². The van der Waals surface area contributed by atoms with E-state index in [1.54, 1.807) is 24.0 Å². The molecule has 0 bridgehead atoms. The van der Waals surface area contributed by atoms with Crippen molar-refractivity contribution >= 4 is 46.4 Å². The number of nitrogens with zero attached hydrogens (tertiary/aromatic N) is 1. The van der Waals surface area contributed by atoms with Gasteiger partial charge in [-0.3, -0.25) is 4.79 Å². The number of benzene rings is 2. The van der Waals surface area contributed by atoms with E-state index in [1.807, 2.05) is 37.3 Å². The monoisotopic (exact) mass is 425 g/mol. The Balaban J connectivity index is 2.10. The van der Waals surface area contributed by atoms with E-state index >= 15 is 0 Å². The van der Waals surface area contributed by atoms with Crippen molar-refractivity contribution in [3.63, 3.8) is 0 Å². The fourth-order valence-electron chi connectivity index (χ4n) is 3.53. The highest BCUT2D eigenvalue weighted by Crippen LogP contribution is 2.51. The van der Waals surface area contributed by atoms with E-state index in [0.717, 1.165) is 22.4 Å². The number of hydrogen-bond acceptors (Lipinski definition) is 1. The highest BCUT2D eigenvalue weighted by molar-refractivity contribution is 6.67. The van der Waals surface area contributed by atoms with Crippen molar-refractivity contribution in [2.24, 2.45) is 5.41 Å². The molecule has 0 fully saturated rings. The predicted molar refractivity (Wildman–Crippen MR) is 109 cm³/mol. The van der Waals surface area contributed by atoms with Gasteiger partial charge in [-0.25, -0.2) is 4.39 Å². The van der Waals surface area contributed by atoms with Crippen LogP contribution in [-0.4, -0.2) is 14.6 Å². The number of carbonyl (C=O) groups is 1. The molecule has 1 aliphatic heterocycles. The fourth-order valence-corrected chi connectivity index (χ4v) is 4.33. The maximum absolute atomic E-state index is 13.4. The molecule has 0 saturated heterocycles. The molecule has 3 rings (SSSR count). The van der Waals surface area contributed by atoms with Crippen molar-refractivity contribution in [1.82, 2.24) is 4.90 Å². The zero-order chi connectivity index (χ0) is 19.8. The first-order chi connectivity index (χ1) is 12.6. The van der Waals surface area contributed by atoms with Crippen LogP contribution in [-0.2, 0) is 11.3 Å². The standard InChI is InChI=1S/C21H19Cl3FNO/c1-14-18(16-8-10-17(25)11-9-16)26(12-15-6-4-3-5-7-15)19(27)20(14,2)13-21(22,23)24/h3-11H,12-13H2,1-2H3. The van der Waals surface area contributed by atoms with Gasteiger partial charge < -0.3 is 4.90 Å². The second kappa shape index (κ2) is 7.46. The SMILES string of the molecule is CC1=C(c2ccc(F)cc2)N(Cc2ccccc2)C(=O)C1(C)CC(Cl)(Cl)Cl. The van der Waals surface area contributed by atoms with Crippen LogP contribution >= 0.6 is 34.8 Å². The van der Waals surface area contributed by atoms with E-state index in [2.05, 4.69) is 0 Å². The number of rotatable bonds is 4. The molecular formula is C21H19Cl3FNO. The zero-order valence-corrected chi connectivity index (χ0v) is 17.2. The first-order valence-corrected chi connectivity index (χ1v) is 9.65. The van der Waals surface area contributed by atoms with Gasteiger partial charge in [0, 0.05) is 6.42 Å². The molecule has 1 atom stereocenters. The smallest absolute Gasteiger partial charge is 0.237 e. The van der Waals surface area contributed by atoms with Gasteiger partial charge in [0.15, 0.2) is 3.79 Å². The first kappa shape index (κ1) is 20.2. The zero-order valence-electron chi connectivity index (χ0n) is 15.0. The summed E-state index contributed by atoms with van der Waals surface area (Å²) in [5, 5.41) is 0. The Morgan fingerprint density at radius 2 is 1.63 bits per heavy atom. The summed E-state index contributed by atoms with van der Waals surface area (Å²) < 4.78 is 11.8. The van der Waals surface area contributed by atoms with Crippen LogP contribution in [0.2, 0.25) is 0 Å². The molecule has 1 unspecified atom stereocenters. The van der Waals surface area contributed by atoms with Gasteiger partial charge in [0.1, 0.15) is 5.82 Å². The minimum Gasteiger partial charge on any atom is -0.307 e. The lowest BCUT2D eigenvalue weighted by Gasteiger charge is -2.29. The van der Waals surface area contributed by atoms with E-state index < -0.39 is 9.21 Å². The molecule has 1 amide bonds. The summed E-state index contributed by atoms with van der Waals surface area (Å²) in [5.41, 5.74) is 2.33. The van der Waals surface area contributed by atoms with Crippen molar-refractivity contribution in [3.05, 3.63) is 77.1 Å². The molecule has 0 spiro atoms. The summed E-state index contributed by atoms with van der Waals surface area (Å²) in [6.45, 7) is 4.05. The van der Waals surface area contributed by atoms with Crippen molar-refractivity contribution in [2.45, 2.75) is 30.6 Å². The van der Waals surface area contributed by atoms with Crippen LogP contribution in [0.1, 0.15) is 31.4 Å². The molecule has 0 radical (unpaired) electrons. The van der Waals surface area contributed by atoms with Gasteiger partial charge in [0.2, 0.25) is 5.91 Å². The topological polar surface area (TPSA) is 20.3 Å². The number of halogens is 4. The third kappa shape index (κ3) is 4.16. The molecule has 0 N–H and O–H groups in total. The average Bonchev–Trinajstić information content (AvgIpc) is 2.77. The molecule has 1 aliphatic rings. The Kier molecular flexibility index (Phi) is 5.58.